The van der Waals surface area contributed by atoms with E-state index < -0.39 is 6.16 Å². The van der Waals surface area contributed by atoms with Crippen LogP contribution in [0, 0.1) is 0 Å². The molecule has 0 aromatic heterocycles. The fraction of sp³-hybridized carbons (Fsp3) is 0.160. The van der Waals surface area contributed by atoms with Gasteiger partial charge >= 0.3 is 6.16 Å². The highest BCUT2D eigenvalue weighted by molar-refractivity contribution is 9.10. The van der Waals surface area contributed by atoms with Gasteiger partial charge in [-0.15, -0.1) is 0 Å². The molecule has 0 radical (unpaired) electrons. The van der Waals surface area contributed by atoms with Crippen LogP contribution in [0.2, 0.25) is 0 Å². The van der Waals surface area contributed by atoms with Gasteiger partial charge < -0.3 is 20.1 Å². The number of hydrogen-bond donors (Lipinski definition) is 2. The number of nitrogens with one attached hydrogen (secondary N) is 2. The van der Waals surface area contributed by atoms with Gasteiger partial charge in [0.1, 0.15) is 5.75 Å². The molecule has 0 saturated carbocycles. The Kier molecular flexibility index (Phi) is 8.60. The maximum atomic E-state index is 12.7. The standard InChI is InChI=1S/C25H23BrN2O5/c1-2-32-25(31)33-20-14-10-18(11-15-20)24(30)28-22-6-4-3-5-21(22)27-23(29)16-9-17-7-12-19(26)13-8-17/h3-8,10-15H,2,9,16H2,1H3,(H,27,29)(H,28,30). The average Bonchev–Trinajstić information content (AvgIpc) is 2.80. The molecule has 0 saturated heterocycles. The van der Waals surface area contributed by atoms with Crippen LogP contribution >= 0.6 is 15.9 Å². The van der Waals surface area contributed by atoms with Gasteiger partial charge in [-0.05, 0) is 67.4 Å². The highest BCUT2D eigenvalue weighted by atomic mass is 79.9. The van der Waals surface area contributed by atoms with Crippen LogP contribution in [0.25, 0.3) is 0 Å². The van der Waals surface area contributed by atoms with Crippen molar-refractivity contribution in [1.29, 1.82) is 0 Å². The first-order valence-electron chi connectivity index (χ1n) is 10.3. The van der Waals surface area contributed by atoms with E-state index in [1.54, 1.807) is 31.2 Å². The lowest BCUT2D eigenvalue weighted by Gasteiger charge is -2.13. The number of rotatable bonds is 8. The van der Waals surface area contributed by atoms with Crippen molar-refractivity contribution >= 4 is 45.3 Å². The Morgan fingerprint density at radius 1 is 0.848 bits per heavy atom. The van der Waals surface area contributed by atoms with Gasteiger partial charge in [-0.25, -0.2) is 4.79 Å². The summed E-state index contributed by atoms with van der Waals surface area (Å²) in [4.78, 5) is 36.5. The first-order chi connectivity index (χ1) is 15.9. The summed E-state index contributed by atoms with van der Waals surface area (Å²) >= 11 is 3.39. The molecular formula is C25H23BrN2O5. The van der Waals surface area contributed by atoms with Crippen LogP contribution in [-0.2, 0) is 16.0 Å². The predicted molar refractivity (Wildman–Crippen MR) is 130 cm³/mol. The van der Waals surface area contributed by atoms with Gasteiger partial charge in [0.2, 0.25) is 5.91 Å². The third kappa shape index (κ3) is 7.47. The van der Waals surface area contributed by atoms with E-state index in [2.05, 4.69) is 26.6 Å². The summed E-state index contributed by atoms with van der Waals surface area (Å²) in [5.41, 5.74) is 2.41. The third-order valence-corrected chi connectivity index (χ3v) is 5.11. The summed E-state index contributed by atoms with van der Waals surface area (Å²) in [5, 5.41) is 5.66. The summed E-state index contributed by atoms with van der Waals surface area (Å²) in [6.07, 6.45) is 0.110. The second-order valence-electron chi connectivity index (χ2n) is 6.98. The Morgan fingerprint density at radius 3 is 2.12 bits per heavy atom. The minimum atomic E-state index is -0.806. The van der Waals surface area contributed by atoms with Crippen molar-refractivity contribution in [1.82, 2.24) is 0 Å². The summed E-state index contributed by atoms with van der Waals surface area (Å²) < 4.78 is 10.7. The molecule has 0 fully saturated rings. The van der Waals surface area contributed by atoms with Gasteiger partial charge in [0.05, 0.1) is 18.0 Å². The molecule has 3 aromatic carbocycles. The van der Waals surface area contributed by atoms with Crippen LogP contribution in [0.3, 0.4) is 0 Å². The maximum Gasteiger partial charge on any atom is 0.513 e. The topological polar surface area (TPSA) is 93.7 Å². The lowest BCUT2D eigenvalue weighted by molar-refractivity contribution is -0.116. The van der Waals surface area contributed by atoms with Gasteiger partial charge in [0.25, 0.3) is 5.91 Å². The SMILES string of the molecule is CCOC(=O)Oc1ccc(C(=O)Nc2ccccc2NC(=O)CCc2ccc(Br)cc2)cc1. The van der Waals surface area contributed by atoms with Crippen LogP contribution in [0.15, 0.2) is 77.3 Å². The first-order valence-corrected chi connectivity index (χ1v) is 11.1. The number of para-hydroxylation sites is 2. The molecule has 33 heavy (non-hydrogen) atoms. The molecule has 3 aromatic rings. The van der Waals surface area contributed by atoms with Crippen LogP contribution in [0.5, 0.6) is 5.75 Å². The number of halogens is 1. The van der Waals surface area contributed by atoms with Gasteiger partial charge in [-0.3, -0.25) is 9.59 Å². The van der Waals surface area contributed by atoms with E-state index in [9.17, 15) is 14.4 Å². The molecule has 0 aliphatic heterocycles. The van der Waals surface area contributed by atoms with Crippen molar-refractivity contribution in [3.8, 4) is 5.75 Å². The number of benzene rings is 3. The number of aryl methyl sites for hydroxylation is 1. The zero-order valence-corrected chi connectivity index (χ0v) is 19.6. The maximum absolute atomic E-state index is 12.7. The highest BCUT2D eigenvalue weighted by Crippen LogP contribution is 2.23. The van der Waals surface area contributed by atoms with E-state index >= 15 is 0 Å². The summed E-state index contributed by atoms with van der Waals surface area (Å²) in [6.45, 7) is 1.89. The first kappa shape index (κ1) is 24.0. The van der Waals surface area contributed by atoms with E-state index in [0.717, 1.165) is 10.0 Å². The molecule has 170 valence electrons. The molecule has 0 aliphatic carbocycles. The third-order valence-electron chi connectivity index (χ3n) is 4.58. The van der Waals surface area contributed by atoms with E-state index in [1.807, 2.05) is 24.3 Å². The zero-order chi connectivity index (χ0) is 23.6. The number of hydrogen-bond acceptors (Lipinski definition) is 5. The fourth-order valence-electron chi connectivity index (χ4n) is 2.94. The molecule has 8 heteroatoms. The molecular weight excluding hydrogens is 488 g/mol. The van der Waals surface area contributed by atoms with Gasteiger partial charge in [0, 0.05) is 16.5 Å². The van der Waals surface area contributed by atoms with Crippen molar-refractivity contribution in [2.45, 2.75) is 19.8 Å². The van der Waals surface area contributed by atoms with Gasteiger partial charge in [0.15, 0.2) is 0 Å². The lowest BCUT2D eigenvalue weighted by atomic mass is 10.1. The molecule has 0 spiro atoms. The van der Waals surface area contributed by atoms with Crippen molar-refractivity contribution in [3.05, 3.63) is 88.4 Å². The number of anilines is 2. The van der Waals surface area contributed by atoms with Gasteiger partial charge in [-0.2, -0.15) is 0 Å². The number of carbonyl (C=O) groups is 3. The monoisotopic (exact) mass is 510 g/mol. The lowest BCUT2D eigenvalue weighted by Crippen LogP contribution is -2.17. The second-order valence-corrected chi connectivity index (χ2v) is 7.90. The molecule has 0 bridgehead atoms. The van der Waals surface area contributed by atoms with Crippen molar-refractivity contribution < 1.29 is 23.9 Å². The Balaban J connectivity index is 1.59. The smallest absolute Gasteiger partial charge is 0.434 e. The van der Waals surface area contributed by atoms with E-state index in [0.29, 0.717) is 29.8 Å². The number of amides is 2. The predicted octanol–water partition coefficient (Wildman–Crippen LogP) is 5.81. The second kappa shape index (κ2) is 11.8. The summed E-state index contributed by atoms with van der Waals surface area (Å²) in [7, 11) is 0. The molecule has 7 nitrogen and oxygen atoms in total. The largest absolute Gasteiger partial charge is 0.513 e. The molecule has 2 amide bonds. The summed E-state index contributed by atoms with van der Waals surface area (Å²) in [6, 6.07) is 20.9. The van der Waals surface area contributed by atoms with E-state index in [1.165, 1.54) is 24.3 Å². The van der Waals surface area contributed by atoms with Crippen molar-refractivity contribution in [3.63, 3.8) is 0 Å². The Morgan fingerprint density at radius 2 is 1.48 bits per heavy atom. The molecule has 0 unspecified atom stereocenters. The van der Waals surface area contributed by atoms with Crippen LogP contribution in [0.1, 0.15) is 29.3 Å². The fourth-order valence-corrected chi connectivity index (χ4v) is 3.20. The number of ether oxygens (including phenoxy) is 2. The van der Waals surface area contributed by atoms with Crippen molar-refractivity contribution in [2.24, 2.45) is 0 Å². The highest BCUT2D eigenvalue weighted by Gasteiger charge is 2.12. The van der Waals surface area contributed by atoms with E-state index in [4.69, 9.17) is 9.47 Å². The number of carbonyl (C=O) groups excluding carboxylic acids is 3. The minimum absolute atomic E-state index is 0.153. The van der Waals surface area contributed by atoms with Gasteiger partial charge in [-0.1, -0.05) is 40.2 Å². The molecule has 2 N–H and O–H groups in total. The average molecular weight is 511 g/mol. The summed E-state index contributed by atoms with van der Waals surface area (Å²) in [5.74, 6) is -0.252. The Bertz CT molecular complexity index is 1110. The van der Waals surface area contributed by atoms with E-state index in [-0.39, 0.29) is 24.2 Å². The zero-order valence-electron chi connectivity index (χ0n) is 18.0. The molecule has 0 atom stereocenters. The molecule has 0 heterocycles. The van der Waals surface area contributed by atoms with Crippen LogP contribution < -0.4 is 15.4 Å². The van der Waals surface area contributed by atoms with Crippen LogP contribution in [-0.4, -0.2) is 24.6 Å². The Labute approximate surface area is 200 Å². The quantitative estimate of drug-likeness (QED) is 0.294. The minimum Gasteiger partial charge on any atom is -0.434 e. The van der Waals surface area contributed by atoms with Crippen molar-refractivity contribution in [2.75, 3.05) is 17.2 Å². The molecule has 3 rings (SSSR count). The van der Waals surface area contributed by atoms with Crippen LogP contribution in [0.4, 0.5) is 16.2 Å². The normalized spacial score (nSPS) is 10.2. The molecule has 0 aliphatic rings. The Hall–Kier alpha value is -3.65.